The molecule has 19 heavy (non-hydrogen) atoms. The van der Waals surface area contributed by atoms with Gasteiger partial charge in [-0.15, -0.1) is 0 Å². The Bertz CT molecular complexity index is 653. The predicted molar refractivity (Wildman–Crippen MR) is 71.0 cm³/mol. The van der Waals surface area contributed by atoms with E-state index in [4.69, 9.17) is 4.42 Å². The topological polar surface area (TPSA) is 69.2 Å². The highest BCUT2D eigenvalue weighted by molar-refractivity contribution is 5.05. The minimum absolute atomic E-state index is 0.256. The van der Waals surface area contributed by atoms with Crippen LogP contribution in [0, 0.1) is 0 Å². The van der Waals surface area contributed by atoms with Crippen LogP contribution in [0.25, 0.3) is 0 Å². The fraction of sp³-hybridized carbons (Fsp3) is 0.385. The van der Waals surface area contributed by atoms with E-state index in [0.29, 0.717) is 18.7 Å². The van der Waals surface area contributed by atoms with E-state index in [9.17, 15) is 9.59 Å². The van der Waals surface area contributed by atoms with Gasteiger partial charge in [-0.25, -0.2) is 4.79 Å². The summed E-state index contributed by atoms with van der Waals surface area (Å²) in [5.74, 6) is 0.904. The maximum Gasteiger partial charge on any atom is 0.330 e. The highest BCUT2D eigenvalue weighted by Crippen LogP contribution is 1.99. The second-order valence-electron chi connectivity index (χ2n) is 4.42. The molecule has 6 nitrogen and oxygen atoms in total. The number of nitrogens with one attached hydrogen (secondary N) is 1. The molecule has 0 saturated heterocycles. The largest absolute Gasteiger partial charge is 0.469 e. The number of hydrogen-bond acceptors (Lipinski definition) is 4. The molecular weight excluding hydrogens is 246 g/mol. The van der Waals surface area contributed by atoms with Crippen LogP contribution in [-0.2, 0) is 27.1 Å². The van der Waals surface area contributed by atoms with Gasteiger partial charge in [-0.2, -0.15) is 0 Å². The Balaban J connectivity index is 1.97. The standard InChI is InChI=1S/C13H17N3O3/c1-15-9-10(12(17)16(2)13(15)18)8-14-6-5-11-4-3-7-19-11/h3-4,7,9,14H,5-6,8H2,1-2H3. The van der Waals surface area contributed by atoms with Gasteiger partial charge in [0.1, 0.15) is 5.76 Å². The van der Waals surface area contributed by atoms with Gasteiger partial charge in [0, 0.05) is 45.4 Å². The van der Waals surface area contributed by atoms with Gasteiger partial charge in [0.15, 0.2) is 0 Å². The van der Waals surface area contributed by atoms with E-state index in [-0.39, 0.29) is 11.2 Å². The molecule has 2 aromatic heterocycles. The Hall–Kier alpha value is -2.08. The van der Waals surface area contributed by atoms with Crippen molar-refractivity contribution in [3.8, 4) is 0 Å². The summed E-state index contributed by atoms with van der Waals surface area (Å²) < 4.78 is 7.73. The molecular formula is C13H17N3O3. The van der Waals surface area contributed by atoms with E-state index in [1.807, 2.05) is 12.1 Å². The number of aryl methyl sites for hydroxylation is 1. The average molecular weight is 263 g/mol. The molecule has 0 aliphatic rings. The number of nitrogens with zero attached hydrogens (tertiary/aromatic N) is 2. The van der Waals surface area contributed by atoms with Crippen molar-refractivity contribution in [2.75, 3.05) is 6.54 Å². The lowest BCUT2D eigenvalue weighted by atomic mass is 10.3. The molecule has 0 aromatic carbocycles. The SMILES string of the molecule is Cn1cc(CNCCc2ccco2)c(=O)n(C)c1=O. The molecule has 0 aliphatic carbocycles. The Morgan fingerprint density at radius 2 is 2.11 bits per heavy atom. The van der Waals surface area contributed by atoms with Gasteiger partial charge in [0.25, 0.3) is 5.56 Å². The van der Waals surface area contributed by atoms with Crippen LogP contribution in [-0.4, -0.2) is 15.7 Å². The monoisotopic (exact) mass is 263 g/mol. The molecule has 0 amide bonds. The van der Waals surface area contributed by atoms with Crippen molar-refractivity contribution < 1.29 is 4.42 Å². The minimum atomic E-state index is -0.315. The number of furan rings is 1. The molecule has 0 unspecified atom stereocenters. The van der Waals surface area contributed by atoms with Crippen LogP contribution >= 0.6 is 0 Å². The first-order chi connectivity index (χ1) is 9.09. The lowest BCUT2D eigenvalue weighted by molar-refractivity contribution is 0.498. The van der Waals surface area contributed by atoms with Crippen molar-refractivity contribution in [1.29, 1.82) is 0 Å². The van der Waals surface area contributed by atoms with Gasteiger partial charge in [-0.05, 0) is 12.1 Å². The third-order valence-corrected chi connectivity index (χ3v) is 2.96. The summed E-state index contributed by atoms with van der Waals surface area (Å²) in [5.41, 5.74) is 0.00183. The highest BCUT2D eigenvalue weighted by atomic mass is 16.3. The smallest absolute Gasteiger partial charge is 0.330 e. The lowest BCUT2D eigenvalue weighted by Crippen LogP contribution is -2.39. The molecule has 0 radical (unpaired) electrons. The molecule has 0 aliphatic heterocycles. The van der Waals surface area contributed by atoms with E-state index >= 15 is 0 Å². The average Bonchev–Trinajstić information content (AvgIpc) is 2.91. The van der Waals surface area contributed by atoms with Crippen LogP contribution in [0.1, 0.15) is 11.3 Å². The summed E-state index contributed by atoms with van der Waals surface area (Å²) in [6.45, 7) is 1.14. The van der Waals surface area contributed by atoms with Gasteiger partial charge in [-0.1, -0.05) is 0 Å². The highest BCUT2D eigenvalue weighted by Gasteiger charge is 2.06. The second-order valence-corrected chi connectivity index (χ2v) is 4.42. The van der Waals surface area contributed by atoms with Crippen LogP contribution < -0.4 is 16.6 Å². The van der Waals surface area contributed by atoms with Crippen LogP contribution in [0.4, 0.5) is 0 Å². The van der Waals surface area contributed by atoms with Gasteiger partial charge < -0.3 is 14.3 Å². The van der Waals surface area contributed by atoms with Gasteiger partial charge >= 0.3 is 5.69 Å². The van der Waals surface area contributed by atoms with Crippen LogP contribution in [0.5, 0.6) is 0 Å². The molecule has 2 rings (SSSR count). The van der Waals surface area contributed by atoms with Gasteiger partial charge in [0.2, 0.25) is 0 Å². The fourth-order valence-electron chi connectivity index (χ4n) is 1.89. The molecule has 0 atom stereocenters. The van der Waals surface area contributed by atoms with Gasteiger partial charge in [0.05, 0.1) is 6.26 Å². The molecule has 2 heterocycles. The molecule has 0 spiro atoms. The fourth-order valence-corrected chi connectivity index (χ4v) is 1.89. The summed E-state index contributed by atoms with van der Waals surface area (Å²) in [6.07, 6.45) is 3.97. The molecule has 0 fully saturated rings. The Morgan fingerprint density at radius 3 is 2.79 bits per heavy atom. The van der Waals surface area contributed by atoms with Crippen LogP contribution in [0.2, 0.25) is 0 Å². The third-order valence-electron chi connectivity index (χ3n) is 2.96. The summed E-state index contributed by atoms with van der Waals surface area (Å²) in [6, 6.07) is 3.75. The predicted octanol–water partition coefficient (Wildman–Crippen LogP) is 0.00930. The van der Waals surface area contributed by atoms with E-state index < -0.39 is 0 Å². The zero-order valence-electron chi connectivity index (χ0n) is 11.0. The lowest BCUT2D eigenvalue weighted by Gasteiger charge is -2.07. The minimum Gasteiger partial charge on any atom is -0.469 e. The zero-order valence-corrected chi connectivity index (χ0v) is 11.0. The summed E-state index contributed by atoms with van der Waals surface area (Å²) in [5, 5.41) is 3.17. The second kappa shape index (κ2) is 5.71. The summed E-state index contributed by atoms with van der Waals surface area (Å²) in [4.78, 5) is 23.4. The third kappa shape index (κ3) is 3.03. The zero-order chi connectivity index (χ0) is 13.8. The van der Waals surface area contributed by atoms with Crippen LogP contribution in [0.3, 0.4) is 0 Å². The molecule has 102 valence electrons. The normalized spacial score (nSPS) is 10.8. The first-order valence-electron chi connectivity index (χ1n) is 6.08. The van der Waals surface area contributed by atoms with Gasteiger partial charge in [-0.3, -0.25) is 9.36 Å². The molecule has 1 N–H and O–H groups in total. The van der Waals surface area contributed by atoms with E-state index in [1.165, 1.54) is 11.6 Å². The first-order valence-corrected chi connectivity index (χ1v) is 6.08. The van der Waals surface area contributed by atoms with Crippen molar-refractivity contribution in [1.82, 2.24) is 14.5 Å². The maximum atomic E-state index is 11.9. The van der Waals surface area contributed by atoms with Crippen LogP contribution in [0.15, 0.2) is 38.6 Å². The summed E-state index contributed by atoms with van der Waals surface area (Å²) >= 11 is 0. The molecule has 6 heteroatoms. The summed E-state index contributed by atoms with van der Waals surface area (Å²) in [7, 11) is 3.12. The van der Waals surface area contributed by atoms with Crippen molar-refractivity contribution in [3.05, 3.63) is 56.8 Å². The van der Waals surface area contributed by atoms with Crippen molar-refractivity contribution in [2.24, 2.45) is 14.1 Å². The number of rotatable bonds is 5. The van der Waals surface area contributed by atoms with Crippen molar-refractivity contribution >= 4 is 0 Å². The van der Waals surface area contributed by atoms with Crippen molar-refractivity contribution in [3.63, 3.8) is 0 Å². The molecule has 0 saturated carbocycles. The maximum absolute atomic E-state index is 11.9. The van der Waals surface area contributed by atoms with E-state index in [0.717, 1.165) is 16.7 Å². The van der Waals surface area contributed by atoms with E-state index in [2.05, 4.69) is 5.32 Å². The van der Waals surface area contributed by atoms with E-state index in [1.54, 1.807) is 19.5 Å². The molecule has 2 aromatic rings. The Morgan fingerprint density at radius 1 is 1.32 bits per heavy atom. The number of aromatic nitrogens is 2. The Labute approximate surface area is 110 Å². The van der Waals surface area contributed by atoms with Crippen molar-refractivity contribution in [2.45, 2.75) is 13.0 Å². The quantitative estimate of drug-likeness (QED) is 0.772. The Kier molecular flexibility index (Phi) is 4.01. The molecule has 0 bridgehead atoms. The first kappa shape index (κ1) is 13.4. The number of hydrogen-bond donors (Lipinski definition) is 1.